The Morgan fingerprint density at radius 3 is 2.63 bits per heavy atom. The quantitative estimate of drug-likeness (QED) is 0.143. The number of amides is 1. The number of ether oxygens (including phenoxy) is 1. The van der Waals surface area contributed by atoms with Crippen LogP contribution in [0.2, 0.25) is 10.0 Å². The average molecular weight is 845 g/mol. The number of benzene rings is 3. The number of likely N-dealkylation sites (tertiary alicyclic amines) is 1. The molecule has 17 heteroatoms. The van der Waals surface area contributed by atoms with Crippen molar-refractivity contribution in [1.29, 1.82) is 5.26 Å². The number of aryl methyl sites for hydroxylation is 2. The molecule has 6 aromatic rings. The van der Waals surface area contributed by atoms with Crippen LogP contribution in [0.3, 0.4) is 0 Å². The van der Waals surface area contributed by atoms with Gasteiger partial charge < -0.3 is 19.5 Å². The van der Waals surface area contributed by atoms with Crippen LogP contribution in [0.25, 0.3) is 44.3 Å². The van der Waals surface area contributed by atoms with E-state index in [4.69, 9.17) is 28.2 Å². The molecule has 302 valence electrons. The summed E-state index contributed by atoms with van der Waals surface area (Å²) in [4.78, 5) is 22.4. The molecule has 6 heterocycles. The normalized spacial score (nSPS) is 22.6. The van der Waals surface area contributed by atoms with E-state index in [0.717, 1.165) is 42.4 Å². The summed E-state index contributed by atoms with van der Waals surface area (Å²) >= 11 is 13.1. The maximum Gasteiger partial charge on any atom is 0.573 e. The van der Waals surface area contributed by atoms with E-state index in [1.54, 1.807) is 24.3 Å². The molecule has 2 aliphatic carbocycles. The van der Waals surface area contributed by atoms with Gasteiger partial charge in [0.15, 0.2) is 5.82 Å². The lowest BCUT2D eigenvalue weighted by Gasteiger charge is -2.39. The number of alkyl halides is 3. The molecule has 5 atom stereocenters. The van der Waals surface area contributed by atoms with Crippen molar-refractivity contribution in [2.45, 2.75) is 76.0 Å². The number of halogens is 6. The molecule has 0 unspecified atom stereocenters. The summed E-state index contributed by atoms with van der Waals surface area (Å²) in [5, 5.41) is 28.3. The molecule has 59 heavy (non-hydrogen) atoms. The highest BCUT2D eigenvalue weighted by molar-refractivity contribution is 6.43. The molecule has 1 amide bonds. The minimum atomic E-state index is -4.86. The molecule has 11 nitrogen and oxygen atoms in total. The zero-order valence-electron chi connectivity index (χ0n) is 31.5. The molecule has 5 fully saturated rings. The second-order valence-electron chi connectivity index (χ2n) is 16.0. The number of aromatic nitrogens is 6. The lowest BCUT2D eigenvalue weighted by Crippen LogP contribution is -2.41. The van der Waals surface area contributed by atoms with Gasteiger partial charge in [-0.05, 0) is 86.1 Å². The molecule has 2 saturated carbocycles. The van der Waals surface area contributed by atoms with Gasteiger partial charge in [0.1, 0.15) is 11.3 Å². The molecule has 11 rings (SSSR count). The average Bonchev–Trinajstić information content (AvgIpc) is 3.70. The van der Waals surface area contributed by atoms with Crippen LogP contribution in [0.5, 0.6) is 5.75 Å². The van der Waals surface area contributed by atoms with Crippen LogP contribution in [0.15, 0.2) is 54.6 Å². The highest BCUT2D eigenvalue weighted by Gasteiger charge is 2.51. The first-order chi connectivity index (χ1) is 28.4. The number of hydrogen-bond donors (Lipinski definition) is 1. The maximum absolute atomic E-state index is 17.3. The van der Waals surface area contributed by atoms with Crippen LogP contribution < -0.4 is 10.1 Å². The summed E-state index contributed by atoms with van der Waals surface area (Å²) in [5.41, 5.74) is 4.08. The Kier molecular flexibility index (Phi) is 9.11. The monoisotopic (exact) mass is 843 g/mol. The summed E-state index contributed by atoms with van der Waals surface area (Å²) in [6, 6.07) is 16.1. The van der Waals surface area contributed by atoms with E-state index in [-0.39, 0.29) is 63.7 Å². The minimum Gasteiger partial charge on any atom is -0.406 e. The zero-order chi connectivity index (χ0) is 40.9. The van der Waals surface area contributed by atoms with Gasteiger partial charge in [-0.3, -0.25) is 4.79 Å². The molecule has 5 aliphatic rings. The highest BCUT2D eigenvalue weighted by atomic mass is 35.5. The smallest absolute Gasteiger partial charge is 0.406 e. The van der Waals surface area contributed by atoms with Crippen LogP contribution in [0, 0.1) is 35.9 Å². The number of pyridine rings is 1. The topological polar surface area (TPSA) is 127 Å². The van der Waals surface area contributed by atoms with Gasteiger partial charge in [-0.25, -0.2) is 9.37 Å². The van der Waals surface area contributed by atoms with Crippen molar-refractivity contribution in [3.05, 3.63) is 87.4 Å². The Balaban J connectivity index is 1.12. The third-order valence-electron chi connectivity index (χ3n) is 12.3. The lowest BCUT2D eigenvalue weighted by atomic mass is 9.79. The fourth-order valence-electron chi connectivity index (χ4n) is 9.50. The Morgan fingerprint density at radius 1 is 1.08 bits per heavy atom. The van der Waals surface area contributed by atoms with Crippen LogP contribution in [0.4, 0.5) is 17.6 Å². The van der Waals surface area contributed by atoms with Crippen molar-refractivity contribution < 1.29 is 27.1 Å². The predicted octanol–water partition coefficient (Wildman–Crippen LogP) is 9.08. The van der Waals surface area contributed by atoms with E-state index in [9.17, 15) is 23.2 Å². The van der Waals surface area contributed by atoms with Gasteiger partial charge in [0, 0.05) is 70.3 Å². The van der Waals surface area contributed by atoms with Crippen molar-refractivity contribution in [3.8, 4) is 34.3 Å². The highest BCUT2D eigenvalue weighted by Crippen LogP contribution is 2.52. The first-order valence-corrected chi connectivity index (χ1v) is 20.3. The maximum atomic E-state index is 17.3. The molecule has 3 aliphatic heterocycles. The Hall–Kier alpha value is -5.30. The van der Waals surface area contributed by atoms with Crippen molar-refractivity contribution in [2.24, 2.45) is 11.8 Å². The van der Waals surface area contributed by atoms with Gasteiger partial charge in [-0.1, -0.05) is 47.5 Å². The van der Waals surface area contributed by atoms with E-state index >= 15 is 4.39 Å². The Labute approximate surface area is 344 Å². The van der Waals surface area contributed by atoms with Gasteiger partial charge in [0.2, 0.25) is 11.7 Å². The van der Waals surface area contributed by atoms with Crippen LogP contribution >= 0.6 is 23.2 Å². The summed E-state index contributed by atoms with van der Waals surface area (Å²) < 4.78 is 62.7. The molecule has 0 radical (unpaired) electrons. The summed E-state index contributed by atoms with van der Waals surface area (Å²) in [6.45, 7) is 2.98. The van der Waals surface area contributed by atoms with E-state index < -0.39 is 30.0 Å². The third-order valence-corrected chi connectivity index (χ3v) is 13.2. The van der Waals surface area contributed by atoms with Gasteiger partial charge in [0.25, 0.3) is 0 Å². The SMILES string of the molecule is Cc1nc2c(F)c(-c3cccc(Cl)c3Cl)c(CCC#N)cc2c2c1cc([C@H]1C[C@H](n3nnc(-c4cccc(OC(F)(F)F)c4)n3)CN1C(=O)C1CC1)n2[C@H]1[C@H]2CN[C@@H]1C2. The van der Waals surface area contributed by atoms with Crippen LogP contribution in [-0.2, 0) is 11.2 Å². The first-order valence-electron chi connectivity index (χ1n) is 19.6. The number of carbonyl (C=O) groups excluding carboxylic acids is 1. The summed E-state index contributed by atoms with van der Waals surface area (Å²) in [5.74, 6) is -0.582. The zero-order valence-corrected chi connectivity index (χ0v) is 33.0. The second kappa shape index (κ2) is 14.2. The number of rotatable bonds is 9. The van der Waals surface area contributed by atoms with Gasteiger partial charge in [-0.15, -0.1) is 23.4 Å². The fraction of sp³-hybridized carbons (Fsp3) is 0.381. The van der Waals surface area contributed by atoms with E-state index in [1.807, 2.05) is 17.9 Å². The van der Waals surface area contributed by atoms with Gasteiger partial charge in [0.05, 0.1) is 39.8 Å². The van der Waals surface area contributed by atoms with Gasteiger partial charge in [-0.2, -0.15) is 10.1 Å². The number of nitrogens with zero attached hydrogens (tertiary/aromatic N) is 8. The van der Waals surface area contributed by atoms with Gasteiger partial charge >= 0.3 is 6.36 Å². The van der Waals surface area contributed by atoms with Crippen molar-refractivity contribution in [2.75, 3.05) is 13.1 Å². The van der Waals surface area contributed by atoms with E-state index in [1.165, 1.54) is 23.0 Å². The number of nitriles is 1. The molecule has 3 saturated heterocycles. The largest absolute Gasteiger partial charge is 0.573 e. The Bertz CT molecular complexity index is 2730. The van der Waals surface area contributed by atoms with E-state index in [2.05, 4.69) is 42.2 Å². The predicted molar refractivity (Wildman–Crippen MR) is 211 cm³/mol. The molecule has 2 bridgehead atoms. The molecule has 3 aromatic carbocycles. The van der Waals surface area contributed by atoms with Crippen LogP contribution in [0.1, 0.15) is 67.2 Å². The molecule has 1 N–H and O–H groups in total. The molecule has 0 spiro atoms. The minimum absolute atomic E-state index is 0.0272. The molecular formula is C42H35Cl2F4N9O2. The van der Waals surface area contributed by atoms with Crippen molar-refractivity contribution in [3.63, 3.8) is 0 Å². The number of hydrogen-bond acceptors (Lipinski definition) is 8. The summed E-state index contributed by atoms with van der Waals surface area (Å²) in [6.07, 6.45) is -1.43. The number of nitrogens with one attached hydrogen (secondary N) is 1. The fourth-order valence-corrected chi connectivity index (χ4v) is 9.89. The first kappa shape index (κ1) is 37.9. The standard InChI is InChI=1S/C42H35Cl2F4N9O2/c1-20-28-17-33(32-16-25(19-55(32)41(58)21-10-11-21)57-53-40(52-54-57)23-5-2-7-26(13-23)59-42(46,47)48)56(38-24-15-31(38)50-18-24)39(28)29-14-22(6-4-12-49)34(36(45)37(29)51-20)27-8-3-9-30(43)35(27)44/h2-3,5,7-9,13-14,17,21,24-25,31-32,38,50H,4,6,10-11,15-16,18-19H2,1H3/t24-,25+,31-,32-,38+/m1/s1. The van der Waals surface area contributed by atoms with E-state index in [0.29, 0.717) is 46.7 Å². The second-order valence-corrected chi connectivity index (χ2v) is 16.7. The molecule has 3 aromatic heterocycles. The summed E-state index contributed by atoms with van der Waals surface area (Å²) in [7, 11) is 0. The lowest BCUT2D eigenvalue weighted by molar-refractivity contribution is -0.274. The number of carbonyl (C=O) groups is 1. The van der Waals surface area contributed by atoms with Crippen molar-refractivity contribution >= 4 is 50.9 Å². The Morgan fingerprint density at radius 2 is 1.90 bits per heavy atom. The third kappa shape index (κ3) is 6.47. The number of tetrazole rings is 1. The van der Waals surface area contributed by atoms with Crippen LogP contribution in [-0.4, -0.2) is 66.1 Å². The number of fused-ring (bicyclic) bond motifs is 4. The molecular weight excluding hydrogens is 809 g/mol. The van der Waals surface area contributed by atoms with Crippen molar-refractivity contribution in [1.82, 2.24) is 40.0 Å².